The highest BCUT2D eigenvalue weighted by molar-refractivity contribution is 5.56. The molecule has 0 saturated heterocycles. The minimum atomic E-state index is 0.214. The standard InChI is InChI=1S/C12H17NO/c1-8-6-9-11(7-10(8)13)14-5-4-12(9,2)3/h6-7H,4-5,13H2,1-3H3. The fourth-order valence-corrected chi connectivity index (χ4v) is 1.90. The predicted molar refractivity (Wildman–Crippen MR) is 58.7 cm³/mol. The fourth-order valence-electron chi connectivity index (χ4n) is 1.90. The van der Waals surface area contributed by atoms with Crippen LogP contribution in [0.4, 0.5) is 5.69 Å². The van der Waals surface area contributed by atoms with Crippen LogP contribution < -0.4 is 10.5 Å². The van der Waals surface area contributed by atoms with Crippen LogP contribution in [0, 0.1) is 6.92 Å². The number of anilines is 1. The molecule has 2 heteroatoms. The molecule has 0 radical (unpaired) electrons. The SMILES string of the molecule is Cc1cc2c(cc1N)OCCC2(C)C. The maximum Gasteiger partial charge on any atom is 0.125 e. The Morgan fingerprint density at radius 3 is 2.79 bits per heavy atom. The van der Waals surface area contributed by atoms with Gasteiger partial charge in [-0.25, -0.2) is 0 Å². The lowest BCUT2D eigenvalue weighted by molar-refractivity contribution is 0.234. The molecule has 0 aromatic heterocycles. The van der Waals surface area contributed by atoms with Gasteiger partial charge in [0.1, 0.15) is 5.75 Å². The van der Waals surface area contributed by atoms with Crippen molar-refractivity contribution in [1.82, 2.24) is 0 Å². The van der Waals surface area contributed by atoms with E-state index in [1.54, 1.807) is 0 Å². The lowest BCUT2D eigenvalue weighted by Crippen LogP contribution is -2.26. The zero-order chi connectivity index (χ0) is 10.3. The molecule has 1 aliphatic heterocycles. The third-order valence-electron chi connectivity index (χ3n) is 3.08. The Bertz CT molecular complexity index is 369. The van der Waals surface area contributed by atoms with Gasteiger partial charge in [-0.05, 0) is 30.4 Å². The average molecular weight is 191 g/mol. The Morgan fingerprint density at radius 1 is 1.36 bits per heavy atom. The Balaban J connectivity index is 2.59. The van der Waals surface area contributed by atoms with Gasteiger partial charge in [0.25, 0.3) is 0 Å². The second kappa shape index (κ2) is 2.91. The average Bonchev–Trinajstić information content (AvgIpc) is 2.08. The monoisotopic (exact) mass is 191 g/mol. The number of rotatable bonds is 0. The second-order valence-electron chi connectivity index (χ2n) is 4.69. The van der Waals surface area contributed by atoms with Crippen molar-refractivity contribution in [2.24, 2.45) is 0 Å². The van der Waals surface area contributed by atoms with E-state index in [0.29, 0.717) is 0 Å². The first-order chi connectivity index (χ1) is 6.50. The Kier molecular flexibility index (Phi) is 1.95. The first-order valence-corrected chi connectivity index (χ1v) is 5.04. The second-order valence-corrected chi connectivity index (χ2v) is 4.69. The molecule has 0 atom stereocenters. The van der Waals surface area contributed by atoms with Crippen LogP contribution in [-0.4, -0.2) is 6.61 Å². The number of hydrogen-bond acceptors (Lipinski definition) is 2. The zero-order valence-corrected chi connectivity index (χ0v) is 9.05. The van der Waals surface area contributed by atoms with Gasteiger partial charge >= 0.3 is 0 Å². The number of hydrogen-bond donors (Lipinski definition) is 1. The van der Waals surface area contributed by atoms with E-state index in [9.17, 15) is 0 Å². The van der Waals surface area contributed by atoms with Gasteiger partial charge in [0.15, 0.2) is 0 Å². The van der Waals surface area contributed by atoms with E-state index >= 15 is 0 Å². The quantitative estimate of drug-likeness (QED) is 0.640. The summed E-state index contributed by atoms with van der Waals surface area (Å²) in [5, 5.41) is 0. The molecular weight excluding hydrogens is 174 g/mol. The van der Waals surface area contributed by atoms with Crippen LogP contribution in [-0.2, 0) is 5.41 Å². The van der Waals surface area contributed by atoms with Gasteiger partial charge in [0.05, 0.1) is 6.61 Å². The lowest BCUT2D eigenvalue weighted by Gasteiger charge is -2.33. The highest BCUT2D eigenvalue weighted by Crippen LogP contribution is 2.40. The summed E-state index contributed by atoms with van der Waals surface area (Å²) < 4.78 is 5.61. The Hall–Kier alpha value is -1.18. The largest absolute Gasteiger partial charge is 0.493 e. The van der Waals surface area contributed by atoms with Gasteiger partial charge in [-0.15, -0.1) is 0 Å². The van der Waals surface area contributed by atoms with Crippen LogP contribution in [0.5, 0.6) is 5.75 Å². The summed E-state index contributed by atoms with van der Waals surface area (Å²) in [6.45, 7) is 7.34. The molecule has 1 aromatic carbocycles. The summed E-state index contributed by atoms with van der Waals surface area (Å²) in [6, 6.07) is 4.11. The molecule has 1 aliphatic rings. The van der Waals surface area contributed by atoms with Crippen molar-refractivity contribution >= 4 is 5.69 Å². The van der Waals surface area contributed by atoms with Crippen molar-refractivity contribution in [3.05, 3.63) is 23.3 Å². The van der Waals surface area contributed by atoms with Gasteiger partial charge in [-0.1, -0.05) is 13.8 Å². The van der Waals surface area contributed by atoms with Crippen LogP contribution >= 0.6 is 0 Å². The minimum absolute atomic E-state index is 0.214. The highest BCUT2D eigenvalue weighted by Gasteiger charge is 2.28. The van der Waals surface area contributed by atoms with Crippen LogP contribution in [0.25, 0.3) is 0 Å². The highest BCUT2D eigenvalue weighted by atomic mass is 16.5. The van der Waals surface area contributed by atoms with E-state index in [4.69, 9.17) is 10.5 Å². The first-order valence-electron chi connectivity index (χ1n) is 5.04. The van der Waals surface area contributed by atoms with Crippen molar-refractivity contribution in [3.8, 4) is 5.75 Å². The summed E-state index contributed by atoms with van der Waals surface area (Å²) in [4.78, 5) is 0. The summed E-state index contributed by atoms with van der Waals surface area (Å²) >= 11 is 0. The Labute approximate surface area is 85.1 Å². The Morgan fingerprint density at radius 2 is 2.07 bits per heavy atom. The first kappa shape index (κ1) is 9.38. The maximum absolute atomic E-state index is 5.85. The van der Waals surface area contributed by atoms with Crippen molar-refractivity contribution < 1.29 is 4.74 Å². The van der Waals surface area contributed by atoms with E-state index in [1.807, 2.05) is 13.0 Å². The lowest BCUT2D eigenvalue weighted by atomic mass is 9.79. The molecule has 2 nitrogen and oxygen atoms in total. The van der Waals surface area contributed by atoms with Crippen LogP contribution in [0.2, 0.25) is 0 Å². The number of nitrogens with two attached hydrogens (primary N) is 1. The topological polar surface area (TPSA) is 35.2 Å². The molecule has 1 aromatic rings. The number of nitrogen functional groups attached to an aromatic ring is 1. The van der Waals surface area contributed by atoms with Crippen molar-refractivity contribution in [3.63, 3.8) is 0 Å². The third-order valence-corrected chi connectivity index (χ3v) is 3.08. The molecule has 1 heterocycles. The minimum Gasteiger partial charge on any atom is -0.493 e. The van der Waals surface area contributed by atoms with E-state index in [-0.39, 0.29) is 5.41 Å². The summed E-state index contributed by atoms with van der Waals surface area (Å²) in [5.41, 5.74) is 9.32. The predicted octanol–water partition coefficient (Wildman–Crippen LogP) is 2.64. The number of benzene rings is 1. The van der Waals surface area contributed by atoms with Crippen LogP contribution in [0.15, 0.2) is 12.1 Å². The smallest absolute Gasteiger partial charge is 0.125 e. The zero-order valence-electron chi connectivity index (χ0n) is 9.05. The summed E-state index contributed by atoms with van der Waals surface area (Å²) in [5.74, 6) is 0.962. The number of ether oxygens (including phenoxy) is 1. The van der Waals surface area contributed by atoms with Crippen LogP contribution in [0.3, 0.4) is 0 Å². The third kappa shape index (κ3) is 1.35. The number of aryl methyl sites for hydroxylation is 1. The summed E-state index contributed by atoms with van der Waals surface area (Å²) in [6.07, 6.45) is 1.07. The molecule has 0 amide bonds. The fraction of sp³-hybridized carbons (Fsp3) is 0.500. The van der Waals surface area contributed by atoms with E-state index in [0.717, 1.165) is 30.0 Å². The molecule has 76 valence electrons. The van der Waals surface area contributed by atoms with Gasteiger partial charge < -0.3 is 10.5 Å². The molecule has 0 aliphatic carbocycles. The molecule has 0 saturated carbocycles. The van der Waals surface area contributed by atoms with E-state index in [2.05, 4.69) is 19.9 Å². The summed E-state index contributed by atoms with van der Waals surface area (Å²) in [7, 11) is 0. The number of fused-ring (bicyclic) bond motifs is 1. The van der Waals surface area contributed by atoms with Gasteiger partial charge in [0, 0.05) is 17.3 Å². The molecule has 2 N–H and O–H groups in total. The van der Waals surface area contributed by atoms with Gasteiger partial charge in [-0.3, -0.25) is 0 Å². The maximum atomic E-state index is 5.85. The molecule has 2 rings (SSSR count). The molecular formula is C12H17NO. The van der Waals surface area contributed by atoms with Crippen molar-refractivity contribution in [2.75, 3.05) is 12.3 Å². The van der Waals surface area contributed by atoms with Crippen LogP contribution in [0.1, 0.15) is 31.4 Å². The van der Waals surface area contributed by atoms with E-state index in [1.165, 1.54) is 5.56 Å². The van der Waals surface area contributed by atoms with Crippen molar-refractivity contribution in [2.45, 2.75) is 32.6 Å². The van der Waals surface area contributed by atoms with E-state index < -0.39 is 0 Å². The molecule has 14 heavy (non-hydrogen) atoms. The van der Waals surface area contributed by atoms with Gasteiger partial charge in [0.2, 0.25) is 0 Å². The van der Waals surface area contributed by atoms with Gasteiger partial charge in [-0.2, -0.15) is 0 Å². The normalized spacial score (nSPS) is 18.5. The molecule has 0 spiro atoms. The molecule has 0 bridgehead atoms. The molecule has 0 unspecified atom stereocenters. The molecule has 0 fully saturated rings. The van der Waals surface area contributed by atoms with Crippen molar-refractivity contribution in [1.29, 1.82) is 0 Å².